The van der Waals surface area contributed by atoms with Gasteiger partial charge in [-0.25, -0.2) is 13.1 Å². The number of hydrogen-bond acceptors (Lipinski definition) is 4. The zero-order chi connectivity index (χ0) is 13.9. The molecule has 2 rings (SSSR count). The topological polar surface area (TPSA) is 67.4 Å². The van der Waals surface area contributed by atoms with Crippen molar-refractivity contribution in [2.75, 3.05) is 26.1 Å². The van der Waals surface area contributed by atoms with Crippen molar-refractivity contribution in [3.8, 4) is 0 Å². The van der Waals surface area contributed by atoms with Crippen molar-refractivity contribution in [1.82, 2.24) is 4.72 Å². The number of benzene rings is 1. The zero-order valence-electron chi connectivity index (χ0n) is 11.2. The molecular formula is C13H20N2O3S. The number of sulfonamides is 1. The lowest BCUT2D eigenvalue weighted by Gasteiger charge is -2.18. The van der Waals surface area contributed by atoms with Crippen molar-refractivity contribution in [1.29, 1.82) is 0 Å². The van der Waals surface area contributed by atoms with Gasteiger partial charge in [0.2, 0.25) is 10.0 Å². The van der Waals surface area contributed by atoms with Crippen LogP contribution in [-0.2, 0) is 14.8 Å². The summed E-state index contributed by atoms with van der Waals surface area (Å²) in [6.07, 6.45) is 2.46. The van der Waals surface area contributed by atoms with Crippen molar-refractivity contribution in [2.45, 2.75) is 23.8 Å². The maximum atomic E-state index is 11.6. The molecule has 19 heavy (non-hydrogen) atoms. The van der Waals surface area contributed by atoms with E-state index in [1.54, 1.807) is 31.4 Å². The van der Waals surface area contributed by atoms with Crippen LogP contribution in [0.5, 0.6) is 0 Å². The van der Waals surface area contributed by atoms with Crippen LogP contribution in [0.4, 0.5) is 5.69 Å². The molecule has 1 atom stereocenters. The van der Waals surface area contributed by atoms with Gasteiger partial charge in [-0.2, -0.15) is 0 Å². The van der Waals surface area contributed by atoms with E-state index in [2.05, 4.69) is 10.0 Å². The van der Waals surface area contributed by atoms with Crippen LogP contribution in [0.15, 0.2) is 29.2 Å². The second-order valence-electron chi connectivity index (χ2n) is 4.78. The number of ether oxygens (including phenoxy) is 1. The van der Waals surface area contributed by atoms with Gasteiger partial charge in [-0.3, -0.25) is 0 Å². The Balaban J connectivity index is 2.05. The molecule has 1 aromatic carbocycles. The first-order chi connectivity index (χ1) is 9.06. The summed E-state index contributed by atoms with van der Waals surface area (Å²) < 4.78 is 30.7. The molecule has 1 fully saturated rings. The Hall–Kier alpha value is -1.11. The Labute approximate surface area is 114 Å². The average Bonchev–Trinajstić information content (AvgIpc) is 3.23. The highest BCUT2D eigenvalue weighted by atomic mass is 32.2. The average molecular weight is 284 g/mol. The molecule has 0 aromatic heterocycles. The Morgan fingerprint density at radius 1 is 1.32 bits per heavy atom. The van der Waals surface area contributed by atoms with E-state index in [0.717, 1.165) is 5.69 Å². The van der Waals surface area contributed by atoms with E-state index in [1.807, 2.05) is 0 Å². The summed E-state index contributed by atoms with van der Waals surface area (Å²) in [6.45, 7) is 0.668. The molecule has 1 aliphatic carbocycles. The molecule has 0 bridgehead atoms. The van der Waals surface area contributed by atoms with E-state index in [1.165, 1.54) is 19.9 Å². The fourth-order valence-corrected chi connectivity index (χ4v) is 2.77. The highest BCUT2D eigenvalue weighted by Gasteiger charge is 2.31. The normalized spacial score (nSPS) is 17.2. The number of nitrogens with one attached hydrogen (secondary N) is 2. The van der Waals surface area contributed by atoms with Crippen LogP contribution in [0.1, 0.15) is 12.8 Å². The lowest BCUT2D eigenvalue weighted by Crippen LogP contribution is -2.27. The second kappa shape index (κ2) is 5.90. The van der Waals surface area contributed by atoms with Crippen LogP contribution < -0.4 is 10.0 Å². The molecule has 1 aliphatic rings. The standard InChI is InChI=1S/C13H20N2O3S/c1-14-19(16,17)12-7-5-11(6-8-12)15-13(9-18-2)10-3-4-10/h5-8,10,13-15H,3-4,9H2,1-2H3. The highest BCUT2D eigenvalue weighted by molar-refractivity contribution is 7.89. The fraction of sp³-hybridized carbons (Fsp3) is 0.538. The summed E-state index contributed by atoms with van der Waals surface area (Å²) >= 11 is 0. The molecule has 0 amide bonds. The van der Waals surface area contributed by atoms with Gasteiger partial charge < -0.3 is 10.1 Å². The Morgan fingerprint density at radius 2 is 1.95 bits per heavy atom. The zero-order valence-corrected chi connectivity index (χ0v) is 12.0. The first-order valence-electron chi connectivity index (χ1n) is 6.36. The summed E-state index contributed by atoms with van der Waals surface area (Å²) in [4.78, 5) is 0.273. The number of methoxy groups -OCH3 is 1. The van der Waals surface area contributed by atoms with E-state index in [-0.39, 0.29) is 4.90 Å². The number of hydrogen-bond donors (Lipinski definition) is 2. The Bertz CT molecular complexity index is 509. The third kappa shape index (κ3) is 3.68. The van der Waals surface area contributed by atoms with Crippen LogP contribution in [0, 0.1) is 5.92 Å². The van der Waals surface area contributed by atoms with Crippen LogP contribution in [0.2, 0.25) is 0 Å². The molecule has 1 saturated carbocycles. The van der Waals surface area contributed by atoms with Crippen molar-refractivity contribution >= 4 is 15.7 Å². The maximum Gasteiger partial charge on any atom is 0.240 e. The first kappa shape index (κ1) is 14.3. The SMILES string of the molecule is CNS(=O)(=O)c1ccc(NC(COC)C2CC2)cc1. The summed E-state index contributed by atoms with van der Waals surface area (Å²) in [5, 5.41) is 3.40. The minimum Gasteiger partial charge on any atom is -0.383 e. The van der Waals surface area contributed by atoms with Gasteiger partial charge in [0.1, 0.15) is 0 Å². The lowest BCUT2D eigenvalue weighted by molar-refractivity contribution is 0.179. The van der Waals surface area contributed by atoms with Crippen molar-refractivity contribution < 1.29 is 13.2 Å². The second-order valence-corrected chi connectivity index (χ2v) is 6.66. The monoisotopic (exact) mass is 284 g/mol. The molecule has 2 N–H and O–H groups in total. The van der Waals surface area contributed by atoms with Crippen molar-refractivity contribution in [3.05, 3.63) is 24.3 Å². The molecule has 0 heterocycles. The molecule has 0 spiro atoms. The number of anilines is 1. The van der Waals surface area contributed by atoms with E-state index in [9.17, 15) is 8.42 Å². The van der Waals surface area contributed by atoms with Crippen LogP contribution >= 0.6 is 0 Å². The first-order valence-corrected chi connectivity index (χ1v) is 7.84. The maximum absolute atomic E-state index is 11.6. The molecule has 6 heteroatoms. The summed E-state index contributed by atoms with van der Waals surface area (Å²) in [7, 11) is -0.260. The lowest BCUT2D eigenvalue weighted by atomic mass is 10.2. The van der Waals surface area contributed by atoms with Gasteiger partial charge in [-0.15, -0.1) is 0 Å². The van der Waals surface area contributed by atoms with Crippen molar-refractivity contribution in [3.63, 3.8) is 0 Å². The van der Waals surface area contributed by atoms with Gasteiger partial charge in [0.15, 0.2) is 0 Å². The molecule has 106 valence electrons. The largest absolute Gasteiger partial charge is 0.383 e. The Morgan fingerprint density at radius 3 is 2.42 bits per heavy atom. The summed E-state index contributed by atoms with van der Waals surface area (Å²) in [5.41, 5.74) is 0.920. The molecule has 0 aliphatic heterocycles. The van der Waals surface area contributed by atoms with Gasteiger partial charge in [0.05, 0.1) is 17.5 Å². The highest BCUT2D eigenvalue weighted by Crippen LogP contribution is 2.34. The summed E-state index contributed by atoms with van der Waals surface area (Å²) in [6, 6.07) is 7.08. The third-order valence-corrected chi connectivity index (χ3v) is 4.75. The van der Waals surface area contributed by atoms with Crippen LogP contribution in [0.25, 0.3) is 0 Å². The van der Waals surface area contributed by atoms with Gasteiger partial charge in [0, 0.05) is 12.8 Å². The molecule has 1 unspecified atom stereocenters. The number of rotatable bonds is 7. The Kier molecular flexibility index (Phi) is 4.44. The molecule has 5 nitrogen and oxygen atoms in total. The minimum absolute atomic E-state index is 0.273. The smallest absolute Gasteiger partial charge is 0.240 e. The van der Waals surface area contributed by atoms with Crippen LogP contribution in [-0.4, -0.2) is 35.2 Å². The van der Waals surface area contributed by atoms with E-state index >= 15 is 0 Å². The summed E-state index contributed by atoms with van der Waals surface area (Å²) in [5.74, 6) is 0.667. The predicted octanol–water partition coefficient (Wildman–Crippen LogP) is 1.43. The molecule has 0 saturated heterocycles. The van der Waals surface area contributed by atoms with E-state index in [4.69, 9.17) is 4.74 Å². The van der Waals surface area contributed by atoms with E-state index < -0.39 is 10.0 Å². The minimum atomic E-state index is -3.36. The van der Waals surface area contributed by atoms with Crippen molar-refractivity contribution in [2.24, 2.45) is 5.92 Å². The molecule has 0 radical (unpaired) electrons. The van der Waals surface area contributed by atoms with Gasteiger partial charge >= 0.3 is 0 Å². The quantitative estimate of drug-likeness (QED) is 0.795. The van der Waals surface area contributed by atoms with Gasteiger partial charge in [0.25, 0.3) is 0 Å². The molecule has 1 aromatic rings. The van der Waals surface area contributed by atoms with Gasteiger partial charge in [-0.1, -0.05) is 0 Å². The predicted molar refractivity (Wildman–Crippen MR) is 74.7 cm³/mol. The van der Waals surface area contributed by atoms with E-state index in [0.29, 0.717) is 18.6 Å². The fourth-order valence-electron chi connectivity index (χ4n) is 2.04. The van der Waals surface area contributed by atoms with Crippen LogP contribution in [0.3, 0.4) is 0 Å². The third-order valence-electron chi connectivity index (χ3n) is 3.32. The van der Waals surface area contributed by atoms with Gasteiger partial charge in [-0.05, 0) is 50.1 Å². The molecular weight excluding hydrogens is 264 g/mol.